The summed E-state index contributed by atoms with van der Waals surface area (Å²) in [7, 11) is 0. The third-order valence-electron chi connectivity index (χ3n) is 3.05. The Labute approximate surface area is 118 Å². The predicted molar refractivity (Wildman–Crippen MR) is 80.7 cm³/mol. The summed E-state index contributed by atoms with van der Waals surface area (Å²) in [4.78, 5) is 13.2. The van der Waals surface area contributed by atoms with Gasteiger partial charge in [0.05, 0.1) is 5.69 Å². The van der Waals surface area contributed by atoms with Crippen LogP contribution in [0, 0.1) is 0 Å². The first kappa shape index (κ1) is 12.8. The second-order valence-corrected chi connectivity index (χ2v) is 5.42. The second kappa shape index (κ2) is 5.45. The molecule has 0 atom stereocenters. The summed E-state index contributed by atoms with van der Waals surface area (Å²) in [5, 5.41) is 6.70. The van der Waals surface area contributed by atoms with Crippen molar-refractivity contribution in [2.45, 2.75) is 38.8 Å². The van der Waals surface area contributed by atoms with Crippen molar-refractivity contribution < 1.29 is 0 Å². The molecule has 0 unspecified atom stereocenters. The van der Waals surface area contributed by atoms with Gasteiger partial charge in [0.2, 0.25) is 5.95 Å². The quantitative estimate of drug-likeness (QED) is 0.873. The molecule has 1 fully saturated rings. The van der Waals surface area contributed by atoms with Gasteiger partial charge in [-0.05, 0) is 38.8 Å². The van der Waals surface area contributed by atoms with Crippen LogP contribution in [0.4, 0.5) is 11.8 Å². The molecule has 1 saturated carbocycles. The van der Waals surface area contributed by atoms with Gasteiger partial charge in [0, 0.05) is 36.1 Å². The summed E-state index contributed by atoms with van der Waals surface area (Å²) in [6.07, 6.45) is 5.97. The second-order valence-electron chi connectivity index (χ2n) is 5.42. The summed E-state index contributed by atoms with van der Waals surface area (Å²) in [6, 6.07) is 6.77. The molecule has 2 aromatic rings. The molecule has 3 rings (SSSR count). The van der Waals surface area contributed by atoms with E-state index in [1.165, 1.54) is 12.8 Å². The van der Waals surface area contributed by atoms with E-state index in [1.807, 2.05) is 18.2 Å². The number of aromatic nitrogens is 3. The van der Waals surface area contributed by atoms with Crippen LogP contribution < -0.4 is 10.6 Å². The SMILES string of the molecule is CC(C)Nc1cc(-c2ccncc2)nc(NC2CC2)n1. The van der Waals surface area contributed by atoms with Crippen LogP contribution in [0.15, 0.2) is 30.6 Å². The molecule has 104 valence electrons. The van der Waals surface area contributed by atoms with Crippen molar-refractivity contribution in [3.63, 3.8) is 0 Å². The first-order chi connectivity index (χ1) is 9.70. The molecule has 0 bridgehead atoms. The third kappa shape index (κ3) is 3.23. The molecular formula is C15H19N5. The minimum Gasteiger partial charge on any atom is -0.368 e. The van der Waals surface area contributed by atoms with Gasteiger partial charge in [-0.15, -0.1) is 0 Å². The monoisotopic (exact) mass is 269 g/mol. The molecule has 1 aliphatic rings. The molecule has 1 aliphatic carbocycles. The molecule has 20 heavy (non-hydrogen) atoms. The minimum absolute atomic E-state index is 0.337. The molecule has 5 heteroatoms. The van der Waals surface area contributed by atoms with Gasteiger partial charge in [0.1, 0.15) is 5.82 Å². The van der Waals surface area contributed by atoms with Crippen LogP contribution in [0.25, 0.3) is 11.3 Å². The van der Waals surface area contributed by atoms with E-state index in [1.54, 1.807) is 12.4 Å². The molecule has 2 N–H and O–H groups in total. The van der Waals surface area contributed by atoms with Crippen molar-refractivity contribution in [1.29, 1.82) is 0 Å². The maximum Gasteiger partial charge on any atom is 0.225 e. The Morgan fingerprint density at radius 2 is 1.90 bits per heavy atom. The molecule has 2 heterocycles. The maximum absolute atomic E-state index is 4.60. The van der Waals surface area contributed by atoms with Gasteiger partial charge in [-0.25, -0.2) is 4.98 Å². The van der Waals surface area contributed by atoms with Gasteiger partial charge in [0.15, 0.2) is 0 Å². The average molecular weight is 269 g/mol. The lowest BCUT2D eigenvalue weighted by Crippen LogP contribution is -2.13. The highest BCUT2D eigenvalue weighted by molar-refractivity contribution is 5.64. The minimum atomic E-state index is 0.337. The topological polar surface area (TPSA) is 62.7 Å². The van der Waals surface area contributed by atoms with Gasteiger partial charge in [-0.3, -0.25) is 4.98 Å². The molecule has 5 nitrogen and oxygen atoms in total. The van der Waals surface area contributed by atoms with Crippen LogP contribution in [0.5, 0.6) is 0 Å². The number of rotatable bonds is 5. The van der Waals surface area contributed by atoms with Crippen molar-refractivity contribution in [3.8, 4) is 11.3 Å². The highest BCUT2D eigenvalue weighted by Gasteiger charge is 2.22. The summed E-state index contributed by atoms with van der Waals surface area (Å²) >= 11 is 0. The standard InChI is InChI=1S/C15H19N5/c1-10(2)17-14-9-13(11-5-7-16-8-6-11)19-15(20-14)18-12-3-4-12/h5-10,12H,3-4H2,1-2H3,(H2,17,18,19,20). The number of nitrogens with one attached hydrogen (secondary N) is 2. The lowest BCUT2D eigenvalue weighted by atomic mass is 10.2. The Morgan fingerprint density at radius 3 is 2.55 bits per heavy atom. The highest BCUT2D eigenvalue weighted by atomic mass is 15.2. The lowest BCUT2D eigenvalue weighted by Gasteiger charge is -2.13. The van der Waals surface area contributed by atoms with Crippen LogP contribution >= 0.6 is 0 Å². The van der Waals surface area contributed by atoms with Crippen LogP contribution in [0.3, 0.4) is 0 Å². The van der Waals surface area contributed by atoms with E-state index < -0.39 is 0 Å². The summed E-state index contributed by atoms with van der Waals surface area (Å²) in [5.41, 5.74) is 1.96. The largest absolute Gasteiger partial charge is 0.368 e. The third-order valence-corrected chi connectivity index (χ3v) is 3.05. The van der Waals surface area contributed by atoms with Gasteiger partial charge in [-0.1, -0.05) is 0 Å². The number of pyridine rings is 1. The number of hydrogen-bond donors (Lipinski definition) is 2. The first-order valence-electron chi connectivity index (χ1n) is 7.03. The number of anilines is 2. The smallest absolute Gasteiger partial charge is 0.225 e. The Kier molecular flexibility index (Phi) is 3.50. The fourth-order valence-electron chi connectivity index (χ4n) is 1.96. The molecule has 0 radical (unpaired) electrons. The highest BCUT2D eigenvalue weighted by Crippen LogP contribution is 2.26. The van der Waals surface area contributed by atoms with Crippen LogP contribution in [-0.2, 0) is 0 Å². The first-order valence-corrected chi connectivity index (χ1v) is 7.03. The molecule has 0 spiro atoms. The molecule has 0 amide bonds. The zero-order chi connectivity index (χ0) is 13.9. The summed E-state index contributed by atoms with van der Waals surface area (Å²) in [5.74, 6) is 1.55. The Balaban J connectivity index is 1.94. The van der Waals surface area contributed by atoms with Crippen molar-refractivity contribution in [1.82, 2.24) is 15.0 Å². The van der Waals surface area contributed by atoms with E-state index in [2.05, 4.69) is 39.4 Å². The van der Waals surface area contributed by atoms with E-state index in [0.717, 1.165) is 17.1 Å². The Morgan fingerprint density at radius 1 is 1.15 bits per heavy atom. The maximum atomic E-state index is 4.60. The molecule has 2 aromatic heterocycles. The van der Waals surface area contributed by atoms with Crippen molar-refractivity contribution in [3.05, 3.63) is 30.6 Å². The Bertz CT molecular complexity index is 556. The lowest BCUT2D eigenvalue weighted by molar-refractivity contribution is 0.885. The number of hydrogen-bond acceptors (Lipinski definition) is 5. The average Bonchev–Trinajstić information content (AvgIpc) is 3.22. The van der Waals surface area contributed by atoms with Gasteiger partial charge in [0.25, 0.3) is 0 Å². The number of nitrogens with zero attached hydrogens (tertiary/aromatic N) is 3. The zero-order valence-corrected chi connectivity index (χ0v) is 11.8. The fraction of sp³-hybridized carbons (Fsp3) is 0.400. The molecule has 0 aliphatic heterocycles. The van der Waals surface area contributed by atoms with Gasteiger partial charge in [-0.2, -0.15) is 4.98 Å². The van der Waals surface area contributed by atoms with E-state index >= 15 is 0 Å². The predicted octanol–water partition coefficient (Wildman–Crippen LogP) is 2.93. The van der Waals surface area contributed by atoms with Crippen molar-refractivity contribution >= 4 is 11.8 Å². The normalized spacial score (nSPS) is 14.3. The van der Waals surface area contributed by atoms with Crippen LogP contribution in [0.2, 0.25) is 0 Å². The van der Waals surface area contributed by atoms with E-state index in [-0.39, 0.29) is 0 Å². The van der Waals surface area contributed by atoms with Crippen LogP contribution in [0.1, 0.15) is 26.7 Å². The summed E-state index contributed by atoms with van der Waals surface area (Å²) < 4.78 is 0. The van der Waals surface area contributed by atoms with Crippen molar-refractivity contribution in [2.75, 3.05) is 10.6 Å². The van der Waals surface area contributed by atoms with E-state index in [4.69, 9.17) is 0 Å². The van der Waals surface area contributed by atoms with E-state index in [9.17, 15) is 0 Å². The van der Waals surface area contributed by atoms with Crippen molar-refractivity contribution in [2.24, 2.45) is 0 Å². The molecule has 0 saturated heterocycles. The van der Waals surface area contributed by atoms with E-state index in [0.29, 0.717) is 18.0 Å². The zero-order valence-electron chi connectivity index (χ0n) is 11.8. The Hall–Kier alpha value is -2.17. The van der Waals surface area contributed by atoms with Gasteiger partial charge >= 0.3 is 0 Å². The van der Waals surface area contributed by atoms with Gasteiger partial charge < -0.3 is 10.6 Å². The van der Waals surface area contributed by atoms with Crippen LogP contribution in [-0.4, -0.2) is 27.0 Å². The molecular weight excluding hydrogens is 250 g/mol. The summed E-state index contributed by atoms with van der Waals surface area (Å²) in [6.45, 7) is 4.20. The fourth-order valence-corrected chi connectivity index (χ4v) is 1.96. The molecule has 0 aromatic carbocycles.